The molecule has 0 saturated carbocycles. The van der Waals surface area contributed by atoms with Gasteiger partial charge in [-0.1, -0.05) is 29.3 Å². The van der Waals surface area contributed by atoms with E-state index in [-0.39, 0.29) is 0 Å². The minimum atomic E-state index is 0.665. The van der Waals surface area contributed by atoms with Crippen molar-refractivity contribution in [1.29, 1.82) is 0 Å². The maximum atomic E-state index is 6.28. The fraction of sp³-hybridized carbons (Fsp3) is 0.316. The number of methoxy groups -OCH3 is 1. The molecule has 0 unspecified atom stereocenters. The summed E-state index contributed by atoms with van der Waals surface area (Å²) in [6.07, 6.45) is 0. The van der Waals surface area contributed by atoms with Crippen molar-refractivity contribution in [2.24, 2.45) is 0 Å². The molecule has 1 aliphatic rings. The summed E-state index contributed by atoms with van der Waals surface area (Å²) in [4.78, 5) is 4.57. The zero-order chi connectivity index (χ0) is 18.5. The number of nitrogens with zero attached hydrogens (tertiary/aromatic N) is 2. The number of ether oxygens (including phenoxy) is 1. The number of nitrogens with one attached hydrogen (secondary N) is 1. The summed E-state index contributed by atoms with van der Waals surface area (Å²) < 4.78 is 5.17. The van der Waals surface area contributed by atoms with Crippen LogP contribution in [0.3, 0.4) is 0 Å². The monoisotopic (exact) mass is 409 g/mol. The third-order valence-corrected chi connectivity index (χ3v) is 5.36. The van der Waals surface area contributed by atoms with Crippen molar-refractivity contribution in [1.82, 2.24) is 9.80 Å². The molecular formula is C19H21Cl2N3OS. The fourth-order valence-electron chi connectivity index (χ4n) is 2.88. The molecule has 0 atom stereocenters. The Morgan fingerprint density at radius 3 is 2.38 bits per heavy atom. The topological polar surface area (TPSA) is 27.7 Å². The first-order valence-electron chi connectivity index (χ1n) is 8.41. The molecule has 0 aromatic heterocycles. The highest BCUT2D eigenvalue weighted by Gasteiger charge is 2.19. The second-order valence-electron chi connectivity index (χ2n) is 6.16. The van der Waals surface area contributed by atoms with Crippen LogP contribution in [0.4, 0.5) is 5.69 Å². The lowest BCUT2D eigenvalue weighted by atomic mass is 10.2. The van der Waals surface area contributed by atoms with Gasteiger partial charge in [0.05, 0.1) is 7.11 Å². The Morgan fingerprint density at radius 1 is 1.08 bits per heavy atom. The largest absolute Gasteiger partial charge is 0.497 e. The Hall–Kier alpha value is -1.53. The third-order valence-electron chi connectivity index (χ3n) is 4.41. The number of piperazine rings is 1. The number of rotatable bonds is 4. The van der Waals surface area contributed by atoms with Crippen molar-refractivity contribution in [3.63, 3.8) is 0 Å². The first kappa shape index (κ1) is 19.2. The molecule has 0 bridgehead atoms. The molecule has 7 heteroatoms. The van der Waals surface area contributed by atoms with Gasteiger partial charge in [-0.15, -0.1) is 0 Å². The summed E-state index contributed by atoms with van der Waals surface area (Å²) >= 11 is 17.8. The first-order chi connectivity index (χ1) is 12.5. The molecular weight excluding hydrogens is 389 g/mol. The van der Waals surface area contributed by atoms with E-state index in [0.29, 0.717) is 5.02 Å². The fourth-order valence-corrected chi connectivity index (χ4v) is 3.65. The van der Waals surface area contributed by atoms with Crippen molar-refractivity contribution in [2.75, 3.05) is 38.6 Å². The molecule has 0 spiro atoms. The second kappa shape index (κ2) is 8.91. The minimum Gasteiger partial charge on any atom is -0.497 e. The minimum absolute atomic E-state index is 0.665. The third kappa shape index (κ3) is 5.01. The van der Waals surface area contributed by atoms with Crippen LogP contribution in [0.5, 0.6) is 5.75 Å². The van der Waals surface area contributed by atoms with Gasteiger partial charge in [0.1, 0.15) is 5.75 Å². The molecule has 2 aromatic carbocycles. The molecule has 1 saturated heterocycles. The van der Waals surface area contributed by atoms with Gasteiger partial charge in [0.2, 0.25) is 0 Å². The van der Waals surface area contributed by atoms with E-state index in [9.17, 15) is 0 Å². The van der Waals surface area contributed by atoms with Gasteiger partial charge in [0, 0.05) is 48.5 Å². The van der Waals surface area contributed by atoms with Crippen molar-refractivity contribution in [3.8, 4) is 5.75 Å². The van der Waals surface area contributed by atoms with E-state index in [0.717, 1.165) is 59.9 Å². The highest BCUT2D eigenvalue weighted by molar-refractivity contribution is 7.80. The number of anilines is 1. The normalized spacial score (nSPS) is 15.0. The molecule has 1 fully saturated rings. The zero-order valence-corrected chi connectivity index (χ0v) is 16.9. The Bertz CT molecular complexity index is 762. The molecule has 1 N–H and O–H groups in total. The zero-order valence-electron chi connectivity index (χ0n) is 14.5. The molecule has 0 aliphatic carbocycles. The molecule has 0 amide bonds. The summed E-state index contributed by atoms with van der Waals surface area (Å²) in [5, 5.41) is 5.42. The molecule has 0 radical (unpaired) electrons. The SMILES string of the molecule is COc1ccc(NC(=S)N2CCN(Cc3ccc(Cl)cc3Cl)CC2)cc1. The summed E-state index contributed by atoms with van der Waals surface area (Å²) in [5.41, 5.74) is 2.06. The molecule has 1 heterocycles. The number of benzene rings is 2. The molecule has 1 aliphatic heterocycles. The van der Waals surface area contributed by atoms with E-state index in [2.05, 4.69) is 15.1 Å². The average molecular weight is 410 g/mol. The maximum Gasteiger partial charge on any atom is 0.173 e. The quantitative estimate of drug-likeness (QED) is 0.749. The van der Waals surface area contributed by atoms with Crippen molar-refractivity contribution in [3.05, 3.63) is 58.1 Å². The highest BCUT2D eigenvalue weighted by atomic mass is 35.5. The van der Waals surface area contributed by atoms with Gasteiger partial charge >= 0.3 is 0 Å². The first-order valence-corrected chi connectivity index (χ1v) is 9.58. The van der Waals surface area contributed by atoms with E-state index < -0.39 is 0 Å². The summed E-state index contributed by atoms with van der Waals surface area (Å²) in [5.74, 6) is 0.830. The van der Waals surface area contributed by atoms with Gasteiger partial charge in [0.25, 0.3) is 0 Å². The van der Waals surface area contributed by atoms with E-state index in [1.54, 1.807) is 13.2 Å². The van der Waals surface area contributed by atoms with Gasteiger partial charge in [-0.25, -0.2) is 0 Å². The predicted octanol–water partition coefficient (Wildman–Crippen LogP) is 4.52. The van der Waals surface area contributed by atoms with Crippen LogP contribution in [-0.2, 0) is 6.54 Å². The smallest absolute Gasteiger partial charge is 0.173 e. The van der Waals surface area contributed by atoms with E-state index in [4.69, 9.17) is 40.2 Å². The molecule has 138 valence electrons. The van der Waals surface area contributed by atoms with Crippen LogP contribution in [-0.4, -0.2) is 48.2 Å². The summed E-state index contributed by atoms with van der Waals surface area (Å²) in [6.45, 7) is 4.45. The van der Waals surface area contributed by atoms with Crippen LogP contribution < -0.4 is 10.1 Å². The van der Waals surface area contributed by atoms with Crippen LogP contribution >= 0.6 is 35.4 Å². The predicted molar refractivity (Wildman–Crippen MR) is 113 cm³/mol. The van der Waals surface area contributed by atoms with Crippen LogP contribution in [0.25, 0.3) is 0 Å². The Kier molecular flexibility index (Phi) is 6.59. The maximum absolute atomic E-state index is 6.28. The van der Waals surface area contributed by atoms with Crippen LogP contribution in [0, 0.1) is 0 Å². The number of halogens is 2. The lowest BCUT2D eigenvalue weighted by Gasteiger charge is -2.36. The molecule has 4 nitrogen and oxygen atoms in total. The van der Waals surface area contributed by atoms with Crippen LogP contribution in [0.2, 0.25) is 10.0 Å². The number of hydrogen-bond donors (Lipinski definition) is 1. The van der Waals surface area contributed by atoms with Gasteiger partial charge in [-0.05, 0) is 54.2 Å². The number of hydrogen-bond acceptors (Lipinski definition) is 3. The van der Waals surface area contributed by atoms with Crippen LogP contribution in [0.1, 0.15) is 5.56 Å². The molecule has 2 aromatic rings. The van der Waals surface area contributed by atoms with Gasteiger partial charge in [-0.2, -0.15) is 0 Å². The lowest BCUT2D eigenvalue weighted by molar-refractivity contribution is 0.177. The Balaban J connectivity index is 1.50. The second-order valence-corrected chi connectivity index (χ2v) is 7.39. The summed E-state index contributed by atoms with van der Waals surface area (Å²) in [7, 11) is 1.66. The van der Waals surface area contributed by atoms with E-state index in [1.807, 2.05) is 36.4 Å². The highest BCUT2D eigenvalue weighted by Crippen LogP contribution is 2.23. The molecule has 3 rings (SSSR count). The average Bonchev–Trinajstić information content (AvgIpc) is 2.65. The number of thiocarbonyl (C=S) groups is 1. The van der Waals surface area contributed by atoms with Crippen LogP contribution in [0.15, 0.2) is 42.5 Å². The summed E-state index contributed by atoms with van der Waals surface area (Å²) in [6, 6.07) is 13.4. The van der Waals surface area contributed by atoms with E-state index in [1.165, 1.54) is 0 Å². The van der Waals surface area contributed by atoms with E-state index >= 15 is 0 Å². The Labute approximate surface area is 169 Å². The van der Waals surface area contributed by atoms with Gasteiger partial charge in [-0.3, -0.25) is 4.90 Å². The van der Waals surface area contributed by atoms with Crippen molar-refractivity contribution < 1.29 is 4.74 Å². The standard InChI is InChI=1S/C19H21Cl2N3OS/c1-25-17-6-4-16(5-7-17)22-19(26)24-10-8-23(9-11-24)13-14-2-3-15(20)12-18(14)21/h2-7,12H,8-11,13H2,1H3,(H,22,26). The van der Waals surface area contributed by atoms with Crippen molar-refractivity contribution in [2.45, 2.75) is 6.54 Å². The lowest BCUT2D eigenvalue weighted by Crippen LogP contribution is -2.49. The van der Waals surface area contributed by atoms with Gasteiger partial charge in [0.15, 0.2) is 5.11 Å². The molecule has 26 heavy (non-hydrogen) atoms. The Morgan fingerprint density at radius 2 is 1.77 bits per heavy atom. The van der Waals surface area contributed by atoms with Crippen molar-refractivity contribution >= 4 is 46.2 Å². The van der Waals surface area contributed by atoms with Gasteiger partial charge < -0.3 is 15.0 Å².